The Balaban J connectivity index is 2.37. The summed E-state index contributed by atoms with van der Waals surface area (Å²) in [4.78, 5) is 0. The van der Waals surface area contributed by atoms with Gasteiger partial charge in [0, 0.05) is 18.8 Å². The zero-order valence-corrected chi connectivity index (χ0v) is 5.61. The molecule has 2 nitrogen and oxygen atoms in total. The predicted molar refractivity (Wildman–Crippen MR) is 32.7 cm³/mol. The molecule has 0 aromatic heterocycles. The van der Waals surface area contributed by atoms with Crippen molar-refractivity contribution in [1.82, 2.24) is 5.54 Å². The number of hydrogen-bond acceptors (Lipinski definition) is 2. The van der Waals surface area contributed by atoms with Crippen molar-refractivity contribution in [2.24, 2.45) is 0 Å². The molecule has 1 aliphatic rings. The fourth-order valence-electron chi connectivity index (χ4n) is 0.916. The Kier molecular flexibility index (Phi) is 2.03. The molecule has 1 saturated heterocycles. The zero-order chi connectivity index (χ0) is 6.74. The Bertz CT molecular complexity index is 91.1. The first-order valence-electron chi connectivity index (χ1n) is 3.22. The molecule has 0 bridgehead atoms. The molecule has 1 fully saturated rings. The molecule has 0 atom stereocenters. The summed E-state index contributed by atoms with van der Waals surface area (Å²) in [5.74, 6) is 0. The van der Waals surface area contributed by atoms with Crippen molar-refractivity contribution < 1.29 is 9.22 Å². The van der Waals surface area contributed by atoms with Crippen LogP contribution in [0.15, 0.2) is 0 Å². The highest BCUT2D eigenvalue weighted by Crippen LogP contribution is 2.18. The highest BCUT2D eigenvalue weighted by atomic mass is 19.2. The quantitative estimate of drug-likeness (QED) is 0.539. The molecule has 0 unspecified atom stereocenters. The molecule has 1 heterocycles. The van der Waals surface area contributed by atoms with E-state index in [1.54, 1.807) is 5.54 Å². The largest absolute Gasteiger partial charge is 0.381 e. The Labute approximate surface area is 54.3 Å². The molecule has 0 saturated carbocycles. The van der Waals surface area contributed by atoms with Crippen molar-refractivity contribution >= 4 is 0 Å². The maximum Gasteiger partial charge on any atom is 0.0497 e. The van der Waals surface area contributed by atoms with Crippen molar-refractivity contribution in [3.05, 3.63) is 0 Å². The first kappa shape index (κ1) is 6.96. The van der Waals surface area contributed by atoms with Gasteiger partial charge in [-0.25, -0.2) is 0 Å². The summed E-state index contributed by atoms with van der Waals surface area (Å²) in [6.07, 6.45) is 1.53. The molecule has 54 valence electrons. The van der Waals surface area contributed by atoms with Crippen LogP contribution in [-0.2, 0) is 4.74 Å². The molecule has 1 N–H and O–H groups in total. The minimum absolute atomic E-state index is 0.321. The number of rotatable bonds is 1. The number of hydrogen-bond donors (Lipinski definition) is 1. The molecular weight excluding hydrogens is 121 g/mol. The zero-order valence-electron chi connectivity index (χ0n) is 5.61. The van der Waals surface area contributed by atoms with Gasteiger partial charge < -0.3 is 4.74 Å². The van der Waals surface area contributed by atoms with Gasteiger partial charge in [0.15, 0.2) is 0 Å². The Morgan fingerprint density at radius 2 is 2.00 bits per heavy atom. The molecule has 0 spiro atoms. The minimum atomic E-state index is -0.321. The molecule has 0 aromatic rings. The third-order valence-corrected chi connectivity index (χ3v) is 1.82. The maximum absolute atomic E-state index is 12.0. The van der Waals surface area contributed by atoms with Crippen molar-refractivity contribution in [3.8, 4) is 0 Å². The highest BCUT2D eigenvalue weighted by Gasteiger charge is 2.26. The summed E-state index contributed by atoms with van der Waals surface area (Å²) >= 11 is 0. The van der Waals surface area contributed by atoms with E-state index in [2.05, 4.69) is 0 Å². The van der Waals surface area contributed by atoms with E-state index in [0.29, 0.717) is 13.2 Å². The van der Waals surface area contributed by atoms with Crippen LogP contribution in [0.4, 0.5) is 4.48 Å². The van der Waals surface area contributed by atoms with Gasteiger partial charge in [0.25, 0.3) is 0 Å². The van der Waals surface area contributed by atoms with Gasteiger partial charge in [-0.1, -0.05) is 0 Å². The molecule has 0 radical (unpaired) electrons. The monoisotopic (exact) mass is 133 g/mol. The van der Waals surface area contributed by atoms with Crippen molar-refractivity contribution in [2.45, 2.75) is 25.3 Å². The van der Waals surface area contributed by atoms with E-state index in [1.807, 2.05) is 6.92 Å². The van der Waals surface area contributed by atoms with Crippen molar-refractivity contribution in [1.29, 1.82) is 0 Å². The van der Waals surface area contributed by atoms with Gasteiger partial charge in [-0.15, -0.1) is 4.48 Å². The van der Waals surface area contributed by atoms with Crippen LogP contribution >= 0.6 is 0 Å². The van der Waals surface area contributed by atoms with Gasteiger partial charge in [0.05, 0.1) is 0 Å². The summed E-state index contributed by atoms with van der Waals surface area (Å²) in [6, 6.07) is 0. The van der Waals surface area contributed by atoms with Crippen molar-refractivity contribution in [2.75, 3.05) is 13.2 Å². The van der Waals surface area contributed by atoms with E-state index in [9.17, 15) is 4.48 Å². The fourth-order valence-corrected chi connectivity index (χ4v) is 0.916. The van der Waals surface area contributed by atoms with Crippen LogP contribution in [0.1, 0.15) is 19.8 Å². The second-order valence-corrected chi connectivity index (χ2v) is 2.77. The van der Waals surface area contributed by atoms with E-state index in [0.717, 1.165) is 12.8 Å². The average Bonchev–Trinajstić information content (AvgIpc) is 1.90. The lowest BCUT2D eigenvalue weighted by molar-refractivity contribution is 0.0179. The Hall–Kier alpha value is -0.150. The Morgan fingerprint density at radius 1 is 1.44 bits per heavy atom. The number of nitrogens with one attached hydrogen (secondary N) is 1. The summed E-state index contributed by atoms with van der Waals surface area (Å²) in [6.45, 7) is 3.22. The van der Waals surface area contributed by atoms with Gasteiger partial charge in [-0.3, -0.25) is 0 Å². The minimum Gasteiger partial charge on any atom is -0.381 e. The second kappa shape index (κ2) is 2.62. The lowest BCUT2D eigenvalue weighted by atomic mass is 9.94. The summed E-state index contributed by atoms with van der Waals surface area (Å²) in [5, 5.41) is 0. The predicted octanol–water partition coefficient (Wildman–Crippen LogP) is 1.03. The van der Waals surface area contributed by atoms with E-state index in [4.69, 9.17) is 4.74 Å². The van der Waals surface area contributed by atoms with E-state index >= 15 is 0 Å². The summed E-state index contributed by atoms with van der Waals surface area (Å²) < 4.78 is 17.0. The molecule has 0 aliphatic carbocycles. The molecule has 1 aliphatic heterocycles. The van der Waals surface area contributed by atoms with Gasteiger partial charge in [-0.05, 0) is 19.8 Å². The van der Waals surface area contributed by atoms with E-state index < -0.39 is 0 Å². The van der Waals surface area contributed by atoms with Crippen LogP contribution in [0.2, 0.25) is 0 Å². The van der Waals surface area contributed by atoms with Gasteiger partial charge in [0.2, 0.25) is 0 Å². The summed E-state index contributed by atoms with van der Waals surface area (Å²) in [7, 11) is 0. The first-order valence-corrected chi connectivity index (χ1v) is 3.22. The smallest absolute Gasteiger partial charge is 0.0497 e. The maximum atomic E-state index is 12.0. The number of ether oxygens (including phenoxy) is 1. The fraction of sp³-hybridized carbons (Fsp3) is 1.00. The molecule has 0 amide bonds. The van der Waals surface area contributed by atoms with Gasteiger partial charge in [-0.2, -0.15) is 5.54 Å². The SMILES string of the molecule is CC1(NF)CCOCC1. The van der Waals surface area contributed by atoms with E-state index in [-0.39, 0.29) is 5.54 Å². The topological polar surface area (TPSA) is 21.3 Å². The van der Waals surface area contributed by atoms with Crippen LogP contribution in [0.5, 0.6) is 0 Å². The average molecular weight is 133 g/mol. The molecule has 1 rings (SSSR count). The van der Waals surface area contributed by atoms with E-state index in [1.165, 1.54) is 0 Å². The van der Waals surface area contributed by atoms with Gasteiger partial charge >= 0.3 is 0 Å². The molecule has 0 aromatic carbocycles. The van der Waals surface area contributed by atoms with Crippen LogP contribution in [0.25, 0.3) is 0 Å². The number of halogens is 1. The third kappa shape index (κ3) is 1.63. The summed E-state index contributed by atoms with van der Waals surface area (Å²) in [5.41, 5.74) is 1.48. The van der Waals surface area contributed by atoms with Gasteiger partial charge in [0.1, 0.15) is 0 Å². The lowest BCUT2D eigenvalue weighted by Gasteiger charge is -2.30. The van der Waals surface area contributed by atoms with Crippen LogP contribution < -0.4 is 5.54 Å². The lowest BCUT2D eigenvalue weighted by Crippen LogP contribution is -2.42. The normalized spacial score (nSPS) is 26.0. The van der Waals surface area contributed by atoms with Crippen molar-refractivity contribution in [3.63, 3.8) is 0 Å². The standard InChI is InChI=1S/C6H12FNO/c1-6(8-7)2-4-9-5-3-6/h8H,2-5H2,1H3. The Morgan fingerprint density at radius 3 is 2.33 bits per heavy atom. The first-order chi connectivity index (χ1) is 4.27. The van der Waals surface area contributed by atoms with Crippen LogP contribution in [0, 0.1) is 0 Å². The third-order valence-electron chi connectivity index (χ3n) is 1.82. The molecule has 3 heteroatoms. The van der Waals surface area contributed by atoms with Crippen LogP contribution in [0.3, 0.4) is 0 Å². The second-order valence-electron chi connectivity index (χ2n) is 2.77. The highest BCUT2D eigenvalue weighted by molar-refractivity contribution is 4.81. The molecular formula is C6H12FNO. The molecule has 9 heavy (non-hydrogen) atoms. The van der Waals surface area contributed by atoms with Crippen LogP contribution in [-0.4, -0.2) is 18.8 Å².